The van der Waals surface area contributed by atoms with Crippen LogP contribution in [0.25, 0.3) is 22.2 Å². The maximum Gasteiger partial charge on any atom is 0.257 e. The van der Waals surface area contributed by atoms with Gasteiger partial charge in [-0.1, -0.05) is 48.5 Å². The summed E-state index contributed by atoms with van der Waals surface area (Å²) in [5.41, 5.74) is 4.88. The van der Waals surface area contributed by atoms with Crippen molar-refractivity contribution in [1.29, 1.82) is 0 Å². The van der Waals surface area contributed by atoms with Gasteiger partial charge in [0, 0.05) is 19.5 Å². The highest BCUT2D eigenvalue weighted by Gasteiger charge is 2.26. The van der Waals surface area contributed by atoms with E-state index in [9.17, 15) is 4.79 Å². The van der Waals surface area contributed by atoms with Gasteiger partial charge in [-0.15, -0.1) is 0 Å². The molecule has 5 nitrogen and oxygen atoms in total. The van der Waals surface area contributed by atoms with Crippen molar-refractivity contribution in [2.45, 2.75) is 19.3 Å². The Balaban J connectivity index is 1.25. The van der Waals surface area contributed by atoms with Gasteiger partial charge in [0.25, 0.3) is 5.91 Å². The lowest BCUT2D eigenvalue weighted by Gasteiger charge is -2.32. The average Bonchev–Trinajstić information content (AvgIpc) is 3.26. The van der Waals surface area contributed by atoms with Crippen molar-refractivity contribution in [2.24, 2.45) is 5.92 Å². The predicted molar refractivity (Wildman–Crippen MR) is 127 cm³/mol. The monoisotopic (exact) mass is 425 g/mol. The highest BCUT2D eigenvalue weighted by atomic mass is 16.5. The number of nitrogens with zero attached hydrogens (tertiary/aromatic N) is 2. The zero-order valence-corrected chi connectivity index (χ0v) is 18.3. The van der Waals surface area contributed by atoms with Gasteiger partial charge >= 0.3 is 0 Å². The second-order valence-corrected chi connectivity index (χ2v) is 8.42. The van der Waals surface area contributed by atoms with Crippen LogP contribution >= 0.6 is 0 Å². The number of nitrogens with one attached hydrogen (secondary N) is 1. The van der Waals surface area contributed by atoms with Crippen molar-refractivity contribution >= 4 is 16.9 Å². The molecule has 1 amide bonds. The number of aromatic amines is 1. The van der Waals surface area contributed by atoms with Gasteiger partial charge in [0.1, 0.15) is 11.6 Å². The Morgan fingerprint density at radius 1 is 1.00 bits per heavy atom. The zero-order chi connectivity index (χ0) is 21.9. The number of hydrogen-bond donors (Lipinski definition) is 1. The van der Waals surface area contributed by atoms with Crippen LogP contribution < -0.4 is 4.74 Å². The summed E-state index contributed by atoms with van der Waals surface area (Å²) in [5.74, 6) is 2.24. The lowest BCUT2D eigenvalue weighted by Crippen LogP contribution is -2.39. The molecular weight excluding hydrogens is 398 g/mol. The molecule has 0 radical (unpaired) electrons. The number of likely N-dealkylation sites (tertiary alicyclic amines) is 1. The fraction of sp³-hybridized carbons (Fsp3) is 0.259. The van der Waals surface area contributed by atoms with Crippen molar-refractivity contribution in [1.82, 2.24) is 14.9 Å². The number of para-hydroxylation sites is 2. The molecule has 0 saturated carbocycles. The van der Waals surface area contributed by atoms with Crippen LogP contribution in [0, 0.1) is 5.92 Å². The summed E-state index contributed by atoms with van der Waals surface area (Å²) in [6.45, 7) is 1.51. The first-order valence-corrected chi connectivity index (χ1v) is 11.2. The van der Waals surface area contributed by atoms with Gasteiger partial charge in [-0.05, 0) is 54.2 Å². The van der Waals surface area contributed by atoms with Gasteiger partial charge in [0.2, 0.25) is 0 Å². The SMILES string of the molecule is COc1cc(-c2ccccc2)ccc1C(=O)N1CCC(Cc2nc3ccccc3[nH]2)CC1. The smallest absolute Gasteiger partial charge is 0.257 e. The number of rotatable bonds is 5. The molecule has 0 spiro atoms. The minimum atomic E-state index is 0.0450. The van der Waals surface area contributed by atoms with E-state index in [1.165, 1.54) is 0 Å². The lowest BCUT2D eigenvalue weighted by atomic mass is 9.92. The van der Waals surface area contributed by atoms with Gasteiger partial charge in [0.05, 0.1) is 23.7 Å². The molecule has 0 bridgehead atoms. The van der Waals surface area contributed by atoms with Gasteiger partial charge < -0.3 is 14.6 Å². The largest absolute Gasteiger partial charge is 0.496 e. The molecule has 0 atom stereocenters. The van der Waals surface area contributed by atoms with Gasteiger partial charge in [0.15, 0.2) is 0 Å². The van der Waals surface area contributed by atoms with Crippen LogP contribution in [0.3, 0.4) is 0 Å². The molecule has 162 valence electrons. The molecule has 1 aromatic heterocycles. The number of imidazole rings is 1. The number of amides is 1. The minimum Gasteiger partial charge on any atom is -0.496 e. The average molecular weight is 426 g/mol. The second kappa shape index (κ2) is 8.87. The summed E-state index contributed by atoms with van der Waals surface area (Å²) in [6, 6.07) is 24.1. The summed E-state index contributed by atoms with van der Waals surface area (Å²) >= 11 is 0. The number of fused-ring (bicyclic) bond motifs is 1. The van der Waals surface area contributed by atoms with Gasteiger partial charge in [-0.25, -0.2) is 4.98 Å². The number of ether oxygens (including phenoxy) is 1. The number of benzene rings is 3. The quantitative estimate of drug-likeness (QED) is 0.470. The first-order valence-electron chi connectivity index (χ1n) is 11.2. The maximum atomic E-state index is 13.2. The van der Waals surface area contributed by atoms with Crippen LogP contribution in [0.15, 0.2) is 72.8 Å². The van der Waals surface area contributed by atoms with E-state index in [1.807, 2.05) is 59.5 Å². The zero-order valence-electron chi connectivity index (χ0n) is 18.3. The molecule has 3 aromatic carbocycles. The van der Waals surface area contributed by atoms with Crippen LogP contribution in [-0.2, 0) is 6.42 Å². The number of carbonyl (C=O) groups is 1. The normalized spacial score (nSPS) is 14.6. The van der Waals surface area contributed by atoms with Crippen molar-refractivity contribution in [3.63, 3.8) is 0 Å². The third-order valence-corrected chi connectivity index (χ3v) is 6.36. The topological polar surface area (TPSA) is 58.2 Å². The van der Waals surface area contributed by atoms with E-state index in [-0.39, 0.29) is 5.91 Å². The molecule has 1 N–H and O–H groups in total. The van der Waals surface area contributed by atoms with E-state index in [1.54, 1.807) is 7.11 Å². The highest BCUT2D eigenvalue weighted by molar-refractivity contribution is 5.97. The number of H-pyrrole nitrogens is 1. The van der Waals surface area contributed by atoms with E-state index in [2.05, 4.69) is 23.2 Å². The summed E-state index contributed by atoms with van der Waals surface area (Å²) in [7, 11) is 1.63. The molecule has 0 unspecified atom stereocenters. The van der Waals surface area contributed by atoms with Gasteiger partial charge in [-0.2, -0.15) is 0 Å². The number of hydrogen-bond acceptors (Lipinski definition) is 3. The summed E-state index contributed by atoms with van der Waals surface area (Å²) in [5, 5.41) is 0. The Morgan fingerprint density at radius 3 is 2.50 bits per heavy atom. The second-order valence-electron chi connectivity index (χ2n) is 8.42. The Labute approximate surface area is 188 Å². The number of methoxy groups -OCH3 is 1. The van der Waals surface area contributed by atoms with E-state index in [4.69, 9.17) is 9.72 Å². The molecule has 5 heteroatoms. The number of carbonyl (C=O) groups excluding carboxylic acids is 1. The standard InChI is InChI=1S/C27H27N3O2/c1-32-25-18-21(20-7-3-2-4-8-20)11-12-22(25)27(31)30-15-13-19(14-16-30)17-26-28-23-9-5-6-10-24(23)29-26/h2-12,18-19H,13-17H2,1H3,(H,28,29). The lowest BCUT2D eigenvalue weighted by molar-refractivity contribution is 0.0686. The molecule has 1 aliphatic heterocycles. The van der Waals surface area contributed by atoms with E-state index < -0.39 is 0 Å². The Morgan fingerprint density at radius 2 is 1.75 bits per heavy atom. The van der Waals surface area contributed by atoms with E-state index in [0.29, 0.717) is 17.2 Å². The maximum absolute atomic E-state index is 13.2. The van der Waals surface area contributed by atoms with E-state index in [0.717, 1.165) is 60.3 Å². The van der Waals surface area contributed by atoms with Crippen LogP contribution in [0.1, 0.15) is 29.0 Å². The van der Waals surface area contributed by atoms with E-state index >= 15 is 0 Å². The van der Waals surface area contributed by atoms with Crippen LogP contribution in [0.5, 0.6) is 5.75 Å². The first-order chi connectivity index (χ1) is 15.7. The number of piperidine rings is 1. The van der Waals surface area contributed by atoms with Gasteiger partial charge in [-0.3, -0.25) is 4.79 Å². The Bertz CT molecular complexity index is 1190. The molecule has 1 fully saturated rings. The molecule has 5 rings (SSSR count). The molecule has 4 aromatic rings. The molecule has 2 heterocycles. The minimum absolute atomic E-state index is 0.0450. The summed E-state index contributed by atoms with van der Waals surface area (Å²) in [4.78, 5) is 23.3. The van der Waals surface area contributed by atoms with Crippen LogP contribution in [-0.4, -0.2) is 41.0 Å². The molecule has 0 aliphatic carbocycles. The Kier molecular flexibility index (Phi) is 5.63. The first kappa shape index (κ1) is 20.3. The van der Waals surface area contributed by atoms with Crippen molar-refractivity contribution in [3.8, 4) is 16.9 Å². The van der Waals surface area contributed by atoms with Crippen LogP contribution in [0.2, 0.25) is 0 Å². The summed E-state index contributed by atoms with van der Waals surface area (Å²) in [6.07, 6.45) is 2.88. The number of aromatic nitrogens is 2. The van der Waals surface area contributed by atoms with Crippen LogP contribution in [0.4, 0.5) is 0 Å². The third kappa shape index (κ3) is 4.11. The Hall–Kier alpha value is -3.60. The van der Waals surface area contributed by atoms with Crippen molar-refractivity contribution < 1.29 is 9.53 Å². The third-order valence-electron chi connectivity index (χ3n) is 6.36. The summed E-state index contributed by atoms with van der Waals surface area (Å²) < 4.78 is 5.59. The fourth-order valence-corrected chi connectivity index (χ4v) is 4.56. The van der Waals surface area contributed by atoms with Crippen molar-refractivity contribution in [2.75, 3.05) is 20.2 Å². The fourth-order valence-electron chi connectivity index (χ4n) is 4.56. The molecule has 1 aliphatic rings. The molecule has 1 saturated heterocycles. The predicted octanol–water partition coefficient (Wildman–Crippen LogP) is 5.33. The molecule has 32 heavy (non-hydrogen) atoms. The molecular formula is C27H27N3O2. The van der Waals surface area contributed by atoms with Crippen molar-refractivity contribution in [3.05, 3.63) is 84.2 Å². The highest BCUT2D eigenvalue weighted by Crippen LogP contribution is 2.30.